The van der Waals surface area contributed by atoms with Gasteiger partial charge in [-0.3, -0.25) is 4.99 Å². The van der Waals surface area contributed by atoms with E-state index >= 15 is 0 Å². The summed E-state index contributed by atoms with van der Waals surface area (Å²) >= 11 is 1.51. The van der Waals surface area contributed by atoms with Crippen LogP contribution in [0.15, 0.2) is 41.9 Å². The van der Waals surface area contributed by atoms with E-state index in [2.05, 4.69) is 51.9 Å². The normalized spacial score (nSPS) is 11.2. The number of hydrogen-bond donors (Lipinski definition) is 0. The summed E-state index contributed by atoms with van der Waals surface area (Å²) in [6, 6.07) is 0. The van der Waals surface area contributed by atoms with Gasteiger partial charge >= 0.3 is 0 Å². The molecule has 0 spiro atoms. The van der Waals surface area contributed by atoms with Crippen LogP contribution in [0.3, 0.4) is 0 Å². The molecule has 0 unspecified atom stereocenters. The van der Waals surface area contributed by atoms with Crippen LogP contribution >= 0.6 is 11.8 Å². The van der Waals surface area contributed by atoms with Crippen molar-refractivity contribution >= 4 is 16.8 Å². The zero-order valence-corrected chi connectivity index (χ0v) is 11.9. The predicted octanol–water partition coefficient (Wildman–Crippen LogP) is 5.42. The molecule has 0 aromatic rings. The van der Waals surface area contributed by atoms with E-state index in [9.17, 15) is 0 Å². The summed E-state index contributed by atoms with van der Waals surface area (Å²) in [5, 5.41) is 2.70. The van der Waals surface area contributed by atoms with Gasteiger partial charge in [0.15, 0.2) is 0 Å². The Morgan fingerprint density at radius 2 is 1.88 bits per heavy atom. The SMILES string of the molecule is C=CN=C(/C=C/CCC)SC=C.CC(C)C. The maximum atomic E-state index is 4.07. The molecule has 0 radical (unpaired) electrons. The summed E-state index contributed by atoms with van der Waals surface area (Å²) < 4.78 is 0. The second-order valence-electron chi connectivity index (χ2n) is 3.86. The van der Waals surface area contributed by atoms with Crippen molar-refractivity contribution in [1.29, 1.82) is 0 Å². The summed E-state index contributed by atoms with van der Waals surface area (Å²) in [6.07, 6.45) is 7.91. The van der Waals surface area contributed by atoms with Gasteiger partial charge in [0.25, 0.3) is 0 Å². The lowest BCUT2D eigenvalue weighted by Crippen LogP contribution is -1.81. The van der Waals surface area contributed by atoms with Crippen LogP contribution in [0.1, 0.15) is 40.5 Å². The molecule has 0 aliphatic rings. The van der Waals surface area contributed by atoms with Gasteiger partial charge in [0, 0.05) is 6.20 Å². The van der Waals surface area contributed by atoms with Crippen molar-refractivity contribution in [3.05, 3.63) is 36.9 Å². The molecule has 0 saturated heterocycles. The van der Waals surface area contributed by atoms with Gasteiger partial charge in [-0.15, -0.1) is 0 Å². The van der Waals surface area contributed by atoms with Crippen molar-refractivity contribution < 1.29 is 0 Å². The van der Waals surface area contributed by atoms with Gasteiger partial charge in [-0.05, 0) is 23.8 Å². The lowest BCUT2D eigenvalue weighted by atomic mass is 10.3. The molecule has 16 heavy (non-hydrogen) atoms. The maximum absolute atomic E-state index is 4.07. The maximum Gasteiger partial charge on any atom is 0.0998 e. The third-order valence-electron chi connectivity index (χ3n) is 1.14. The van der Waals surface area contributed by atoms with Crippen LogP contribution in [0, 0.1) is 5.92 Å². The van der Waals surface area contributed by atoms with Crippen LogP contribution < -0.4 is 0 Å². The van der Waals surface area contributed by atoms with Crippen LogP contribution in [0.5, 0.6) is 0 Å². The second-order valence-corrected chi connectivity index (χ2v) is 4.84. The van der Waals surface area contributed by atoms with E-state index < -0.39 is 0 Å². The van der Waals surface area contributed by atoms with Crippen molar-refractivity contribution in [3.8, 4) is 0 Å². The Balaban J connectivity index is 0. The first-order valence-corrected chi connectivity index (χ1v) is 6.59. The first-order chi connectivity index (χ1) is 7.58. The molecule has 0 rings (SSSR count). The molecule has 0 N–H and O–H groups in total. The molecular weight excluding hydrogens is 214 g/mol. The number of hydrogen-bond acceptors (Lipinski definition) is 2. The summed E-state index contributed by atoms with van der Waals surface area (Å²) in [6.45, 7) is 15.8. The highest BCUT2D eigenvalue weighted by Crippen LogP contribution is 2.07. The average molecular weight is 239 g/mol. The quantitative estimate of drug-likeness (QED) is 0.460. The number of aliphatic imine (C=N–C) groups is 1. The molecule has 0 aliphatic carbocycles. The summed E-state index contributed by atoms with van der Waals surface area (Å²) in [5.41, 5.74) is 0. The van der Waals surface area contributed by atoms with Crippen molar-refractivity contribution in [2.45, 2.75) is 40.5 Å². The largest absolute Gasteiger partial charge is 0.250 e. The summed E-state index contributed by atoms with van der Waals surface area (Å²) in [4.78, 5) is 4.07. The monoisotopic (exact) mass is 239 g/mol. The van der Waals surface area contributed by atoms with E-state index in [0.717, 1.165) is 23.8 Å². The Labute approximate surface area is 105 Å². The Morgan fingerprint density at radius 1 is 1.31 bits per heavy atom. The Kier molecular flexibility index (Phi) is 15.7. The molecule has 0 aromatic carbocycles. The summed E-state index contributed by atoms with van der Waals surface area (Å²) in [7, 11) is 0. The Bertz CT molecular complexity index is 224. The van der Waals surface area contributed by atoms with E-state index in [1.165, 1.54) is 11.8 Å². The standard InChI is InChI=1S/C10H15NS.C4H10/c1-4-7-8-9-10(11-5-2)12-6-3;1-4(2)3/h5-6,8-9H,2-4,7H2,1H3;4H,1-3H3/b9-8+,11-10?;. The van der Waals surface area contributed by atoms with Crippen LogP contribution in [0.25, 0.3) is 0 Å². The molecule has 0 amide bonds. The van der Waals surface area contributed by atoms with Gasteiger partial charge in [0.1, 0.15) is 0 Å². The molecule has 1 nitrogen and oxygen atoms in total. The van der Waals surface area contributed by atoms with Crippen molar-refractivity contribution in [2.75, 3.05) is 0 Å². The Hall–Kier alpha value is -0.760. The number of thioether (sulfide) groups is 1. The van der Waals surface area contributed by atoms with E-state index in [-0.39, 0.29) is 0 Å². The molecule has 0 fully saturated rings. The fraction of sp³-hybridized carbons (Fsp3) is 0.500. The number of unbranched alkanes of at least 4 members (excludes halogenated alkanes) is 1. The van der Waals surface area contributed by atoms with Gasteiger partial charge < -0.3 is 0 Å². The van der Waals surface area contributed by atoms with E-state index in [1.807, 2.05) is 6.08 Å². The first-order valence-electron chi connectivity index (χ1n) is 5.71. The number of allylic oxidation sites excluding steroid dienone is 1. The highest BCUT2D eigenvalue weighted by atomic mass is 32.2. The van der Waals surface area contributed by atoms with Crippen LogP contribution in [0.4, 0.5) is 0 Å². The number of rotatable bonds is 5. The van der Waals surface area contributed by atoms with Crippen LogP contribution in [-0.2, 0) is 0 Å². The van der Waals surface area contributed by atoms with Crippen LogP contribution in [-0.4, -0.2) is 5.04 Å². The molecule has 0 bridgehead atoms. The smallest absolute Gasteiger partial charge is 0.0998 e. The molecule has 0 heterocycles. The van der Waals surface area contributed by atoms with E-state index in [1.54, 1.807) is 11.6 Å². The van der Waals surface area contributed by atoms with Crippen molar-refractivity contribution in [2.24, 2.45) is 10.9 Å². The first kappa shape index (κ1) is 17.6. The zero-order valence-electron chi connectivity index (χ0n) is 11.1. The van der Waals surface area contributed by atoms with E-state index in [0.29, 0.717) is 0 Å². The zero-order chi connectivity index (χ0) is 12.8. The lowest BCUT2D eigenvalue weighted by molar-refractivity contribution is 0.737. The second kappa shape index (κ2) is 14.2. The van der Waals surface area contributed by atoms with Crippen molar-refractivity contribution in [3.63, 3.8) is 0 Å². The molecular formula is C14H25NS. The van der Waals surface area contributed by atoms with Crippen LogP contribution in [0.2, 0.25) is 0 Å². The topological polar surface area (TPSA) is 12.4 Å². The highest BCUT2D eigenvalue weighted by molar-refractivity contribution is 8.16. The molecule has 0 aromatic heterocycles. The molecule has 0 atom stereocenters. The fourth-order valence-electron chi connectivity index (χ4n) is 0.639. The molecule has 0 saturated carbocycles. The third-order valence-corrected chi connectivity index (χ3v) is 1.79. The van der Waals surface area contributed by atoms with E-state index in [4.69, 9.17) is 0 Å². The van der Waals surface area contributed by atoms with Gasteiger partial charge in [0.05, 0.1) is 5.04 Å². The minimum atomic E-state index is 0.833. The average Bonchev–Trinajstić information content (AvgIpc) is 2.18. The van der Waals surface area contributed by atoms with Gasteiger partial charge in [-0.2, -0.15) is 0 Å². The molecule has 0 aliphatic heterocycles. The van der Waals surface area contributed by atoms with Gasteiger partial charge in [0.2, 0.25) is 0 Å². The Morgan fingerprint density at radius 3 is 2.25 bits per heavy atom. The van der Waals surface area contributed by atoms with Crippen molar-refractivity contribution in [1.82, 2.24) is 0 Å². The molecule has 2 heteroatoms. The minimum absolute atomic E-state index is 0.833. The lowest BCUT2D eigenvalue weighted by Gasteiger charge is -1.92. The van der Waals surface area contributed by atoms with Gasteiger partial charge in [-0.25, -0.2) is 0 Å². The molecule has 92 valence electrons. The summed E-state index contributed by atoms with van der Waals surface area (Å²) in [5.74, 6) is 0.833. The predicted molar refractivity (Wildman–Crippen MR) is 80.0 cm³/mol. The highest BCUT2D eigenvalue weighted by Gasteiger charge is 1.88. The third kappa shape index (κ3) is 18.9. The number of nitrogens with zero attached hydrogens (tertiary/aromatic N) is 1. The van der Waals surface area contributed by atoms with Gasteiger partial charge in [-0.1, -0.05) is 65.1 Å². The minimum Gasteiger partial charge on any atom is -0.250 e. The fourth-order valence-corrected chi connectivity index (χ4v) is 1.12.